The number of para-hydroxylation sites is 2. The summed E-state index contributed by atoms with van der Waals surface area (Å²) >= 11 is 0. The van der Waals surface area contributed by atoms with Gasteiger partial charge in [-0.05, 0) is 67.5 Å². The van der Waals surface area contributed by atoms with Gasteiger partial charge < -0.3 is 33.4 Å². The molecule has 1 aromatic rings. The summed E-state index contributed by atoms with van der Waals surface area (Å²) in [7, 11) is 4.32. The van der Waals surface area contributed by atoms with Crippen LogP contribution in [0.15, 0.2) is 24.3 Å². The molecule has 0 unspecified atom stereocenters. The number of hydrogen-bond donors (Lipinski definition) is 0. The van der Waals surface area contributed by atoms with Crippen LogP contribution in [0.3, 0.4) is 0 Å². The highest BCUT2D eigenvalue weighted by Gasteiger charge is 2.63. The van der Waals surface area contributed by atoms with E-state index in [-0.39, 0.29) is 27.9 Å². The van der Waals surface area contributed by atoms with Gasteiger partial charge in [-0.2, -0.15) is 0 Å². The molecule has 7 nitrogen and oxygen atoms in total. The van der Waals surface area contributed by atoms with Crippen LogP contribution >= 0.6 is 0 Å². The zero-order valence-electron chi connectivity index (χ0n) is 27.5. The summed E-state index contributed by atoms with van der Waals surface area (Å²) in [6.45, 7) is 16.2. The highest BCUT2D eigenvalue weighted by Crippen LogP contribution is 2.43. The Balaban J connectivity index is 0.000000169. The van der Waals surface area contributed by atoms with Crippen molar-refractivity contribution >= 4 is 36.3 Å². The Bertz CT molecular complexity index is 857. The lowest BCUT2D eigenvalue weighted by Crippen LogP contribution is -2.41. The largest absolute Gasteiger partial charge is 0.658 e. The van der Waals surface area contributed by atoms with E-state index in [0.29, 0.717) is 0 Å². The first-order valence-electron chi connectivity index (χ1n) is 16.1. The molecule has 6 heterocycles. The third kappa shape index (κ3) is 9.00. The highest BCUT2D eigenvalue weighted by atomic mass is 16.7. The van der Waals surface area contributed by atoms with Crippen molar-refractivity contribution in [3.8, 4) is 11.5 Å². The Labute approximate surface area is 258 Å². The fraction of sp³-hybridized carbons (Fsp3) is 0.800. The van der Waals surface area contributed by atoms with Gasteiger partial charge in [-0.25, -0.2) is 0 Å². The lowest BCUT2D eigenvalue weighted by molar-refractivity contribution is 0.00578. The molecule has 0 spiro atoms. The van der Waals surface area contributed by atoms with Gasteiger partial charge in [-0.1, -0.05) is 87.8 Å². The fourth-order valence-electron chi connectivity index (χ4n) is 6.12. The van der Waals surface area contributed by atoms with E-state index < -0.39 is 14.0 Å². The standard InChI is InChI=1S/C12H24B2O4.C8H15B.C6H4BO2.C4H8B.H2O/c1-9(2)10(3,4)16-13(15-9)14-17-11(5,6)12(7,8)18-14;1-3-7-5-2-6-8(4-1)9-7;1-2-4-6-5(3-1)8-7-9-6;1-2-4-5-3-1;/h1-8H3;7-9H,1-6H2;1-4H;1-4H2;1H2. The van der Waals surface area contributed by atoms with Gasteiger partial charge in [0.1, 0.15) is 26.1 Å². The van der Waals surface area contributed by atoms with Gasteiger partial charge in [0.25, 0.3) is 0 Å². The van der Waals surface area contributed by atoms with Crippen LogP contribution in [-0.4, -0.2) is 64.1 Å². The fourth-order valence-corrected chi connectivity index (χ4v) is 6.12. The van der Waals surface area contributed by atoms with Crippen LogP contribution in [-0.2, 0) is 18.6 Å². The first-order valence-corrected chi connectivity index (χ1v) is 16.1. The molecule has 42 heavy (non-hydrogen) atoms. The Hall–Kier alpha value is -1.06. The predicted molar refractivity (Wildman–Crippen MR) is 176 cm³/mol. The first kappa shape index (κ1) is 35.4. The molecule has 0 saturated carbocycles. The van der Waals surface area contributed by atoms with Crippen LogP contribution in [0, 0.1) is 0 Å². The van der Waals surface area contributed by atoms with Crippen molar-refractivity contribution in [2.75, 3.05) is 0 Å². The summed E-state index contributed by atoms with van der Waals surface area (Å²) in [6, 6.07) is 7.53. The minimum atomic E-state index is -0.476. The molecular formula is C30H53B5O7. The molecule has 6 aliphatic rings. The van der Waals surface area contributed by atoms with E-state index in [1.807, 2.05) is 79.7 Å². The van der Waals surface area contributed by atoms with Crippen molar-refractivity contribution in [2.45, 2.75) is 153 Å². The molecular weight excluding hydrogens is 526 g/mol. The van der Waals surface area contributed by atoms with Crippen molar-refractivity contribution in [1.29, 1.82) is 0 Å². The molecule has 2 bridgehead atoms. The average molecular weight is 580 g/mol. The maximum atomic E-state index is 5.96. The summed E-state index contributed by atoms with van der Waals surface area (Å²) in [5, 5.41) is 0. The van der Waals surface area contributed by atoms with Gasteiger partial charge >= 0.3 is 21.7 Å². The summed E-state index contributed by atoms with van der Waals surface area (Å²) in [5.41, 5.74) is -1.44. The normalized spacial score (nSPS) is 28.1. The first-order chi connectivity index (χ1) is 19.3. The zero-order chi connectivity index (χ0) is 29.7. The summed E-state index contributed by atoms with van der Waals surface area (Å²) in [6.07, 6.45) is 14.9. The van der Waals surface area contributed by atoms with Crippen molar-refractivity contribution < 1.29 is 33.4 Å². The molecule has 230 valence electrons. The van der Waals surface area contributed by atoms with Gasteiger partial charge in [-0.15, -0.1) is 0 Å². The van der Waals surface area contributed by atoms with E-state index >= 15 is 0 Å². The van der Waals surface area contributed by atoms with Crippen molar-refractivity contribution in [2.24, 2.45) is 0 Å². The molecule has 0 aromatic heterocycles. The lowest BCUT2D eigenvalue weighted by Gasteiger charge is -2.32. The van der Waals surface area contributed by atoms with Crippen molar-refractivity contribution in [3.05, 3.63) is 24.3 Å². The summed E-state index contributed by atoms with van der Waals surface area (Å²) in [4.78, 5) is 0. The Morgan fingerprint density at radius 2 is 0.976 bits per heavy atom. The van der Waals surface area contributed by atoms with Gasteiger partial charge in [0.15, 0.2) is 0 Å². The van der Waals surface area contributed by atoms with Crippen molar-refractivity contribution in [1.82, 2.24) is 0 Å². The molecule has 7 rings (SSSR count). The Morgan fingerprint density at radius 1 is 0.619 bits per heavy atom. The molecule has 0 amide bonds. The summed E-state index contributed by atoms with van der Waals surface area (Å²) < 4.78 is 33.8. The third-order valence-corrected chi connectivity index (χ3v) is 10.1. The van der Waals surface area contributed by atoms with Crippen LogP contribution in [0.25, 0.3) is 0 Å². The second-order valence-corrected chi connectivity index (χ2v) is 14.4. The number of rotatable bonds is 1. The molecule has 0 aliphatic carbocycles. The highest BCUT2D eigenvalue weighted by molar-refractivity contribution is 7.11. The maximum absolute atomic E-state index is 5.96. The van der Waals surface area contributed by atoms with Gasteiger partial charge in [-0.3, -0.25) is 0 Å². The van der Waals surface area contributed by atoms with Crippen LogP contribution in [0.4, 0.5) is 0 Å². The third-order valence-electron chi connectivity index (χ3n) is 10.1. The van der Waals surface area contributed by atoms with Gasteiger partial charge in [0, 0.05) is 0 Å². The molecule has 0 atom stereocenters. The van der Waals surface area contributed by atoms with Gasteiger partial charge in [0.05, 0.1) is 22.4 Å². The number of benzene rings is 1. The number of hydrogen-bond acceptors (Lipinski definition) is 6. The van der Waals surface area contributed by atoms with Crippen LogP contribution in [0.1, 0.15) is 107 Å². The average Bonchev–Trinajstić information content (AvgIpc) is 3.69. The zero-order valence-corrected chi connectivity index (χ0v) is 27.5. The predicted octanol–water partition coefficient (Wildman–Crippen LogP) is 6.11. The molecule has 5 fully saturated rings. The minimum absolute atomic E-state index is 0. The van der Waals surface area contributed by atoms with Crippen LogP contribution in [0.5, 0.6) is 11.5 Å². The number of fused-ring (bicyclic) bond motifs is 3. The SMILES string of the molecule is B1C2CCCC1CCC2.CC1(C)OB(B2OC(C)(C)C(C)(C)O2)OC1(C)C.O.[B]1CCCC1.[B]1Oc2ccccc2O1. The van der Waals surface area contributed by atoms with E-state index in [0.717, 1.165) is 23.1 Å². The molecule has 1 aromatic carbocycles. The van der Waals surface area contributed by atoms with E-state index in [9.17, 15) is 0 Å². The summed E-state index contributed by atoms with van der Waals surface area (Å²) in [5.74, 6) is 3.88. The maximum Gasteiger partial charge on any atom is 0.658 e. The van der Waals surface area contributed by atoms with Crippen molar-refractivity contribution in [3.63, 3.8) is 0 Å². The van der Waals surface area contributed by atoms with Gasteiger partial charge in [0.2, 0.25) is 0 Å². The van der Waals surface area contributed by atoms with Crippen LogP contribution < -0.4 is 9.31 Å². The second-order valence-electron chi connectivity index (χ2n) is 14.4. The molecule has 6 aliphatic heterocycles. The molecule has 2 radical (unpaired) electrons. The lowest BCUT2D eigenvalue weighted by atomic mass is 9.44. The van der Waals surface area contributed by atoms with E-state index in [1.54, 1.807) is 33.0 Å². The van der Waals surface area contributed by atoms with Crippen LogP contribution in [0.2, 0.25) is 24.3 Å². The smallest absolute Gasteiger partial charge is 0.524 e. The monoisotopic (exact) mass is 580 g/mol. The quantitative estimate of drug-likeness (QED) is 0.374. The minimum Gasteiger partial charge on any atom is -0.524 e. The topological polar surface area (TPSA) is 86.9 Å². The molecule has 12 heteroatoms. The van der Waals surface area contributed by atoms with E-state index in [4.69, 9.17) is 27.9 Å². The second kappa shape index (κ2) is 14.8. The molecule has 5 saturated heterocycles. The van der Waals surface area contributed by atoms with E-state index in [1.165, 1.54) is 46.0 Å². The Morgan fingerprint density at radius 3 is 1.26 bits per heavy atom. The molecule has 2 N–H and O–H groups in total. The Kier molecular flexibility index (Phi) is 12.5. The van der Waals surface area contributed by atoms with E-state index in [2.05, 4.69) is 7.28 Å².